The predicted octanol–water partition coefficient (Wildman–Crippen LogP) is 2.99. The minimum atomic E-state index is -3.63. The number of nitrogens with zero attached hydrogens (tertiary/aromatic N) is 1. The van der Waals surface area contributed by atoms with Crippen molar-refractivity contribution >= 4 is 21.6 Å². The molecule has 2 aromatic rings. The number of carbonyl (C=O) groups is 1. The third-order valence-electron chi connectivity index (χ3n) is 4.38. The van der Waals surface area contributed by atoms with Crippen molar-refractivity contribution in [2.45, 2.75) is 18.7 Å². The van der Waals surface area contributed by atoms with Gasteiger partial charge in [0.2, 0.25) is 10.0 Å². The third kappa shape index (κ3) is 5.56. The first-order valence-electron chi connectivity index (χ1n) is 9.58. The highest BCUT2D eigenvalue weighted by atomic mass is 32.2. The van der Waals surface area contributed by atoms with Gasteiger partial charge in [0, 0.05) is 24.3 Å². The molecule has 0 aromatic heterocycles. The quantitative estimate of drug-likeness (QED) is 0.747. The van der Waals surface area contributed by atoms with Crippen molar-refractivity contribution in [1.29, 1.82) is 0 Å². The number of sulfonamides is 1. The zero-order chi connectivity index (χ0) is 20.9. The van der Waals surface area contributed by atoms with Crippen LogP contribution in [-0.4, -0.2) is 51.5 Å². The Morgan fingerprint density at radius 2 is 1.86 bits per heavy atom. The molecule has 1 N–H and O–H groups in total. The van der Waals surface area contributed by atoms with Gasteiger partial charge in [-0.05, 0) is 42.3 Å². The summed E-state index contributed by atoms with van der Waals surface area (Å²) in [6.07, 6.45) is 0. The van der Waals surface area contributed by atoms with Crippen LogP contribution in [0.5, 0.6) is 5.75 Å². The molecule has 1 saturated heterocycles. The largest absolute Gasteiger partial charge is 0.493 e. The molecule has 0 unspecified atom stereocenters. The van der Waals surface area contributed by atoms with Crippen LogP contribution in [-0.2, 0) is 14.8 Å². The Bertz CT molecular complexity index is 953. The van der Waals surface area contributed by atoms with Crippen LogP contribution in [0.2, 0.25) is 0 Å². The lowest BCUT2D eigenvalue weighted by Crippen LogP contribution is -2.40. The van der Waals surface area contributed by atoms with Gasteiger partial charge in [0.15, 0.2) is 0 Å². The normalized spacial score (nSPS) is 15.3. The van der Waals surface area contributed by atoms with Gasteiger partial charge in [0.1, 0.15) is 5.75 Å². The number of morpholine rings is 1. The lowest BCUT2D eigenvalue weighted by Gasteiger charge is -2.26. The van der Waals surface area contributed by atoms with E-state index in [-0.39, 0.29) is 10.8 Å². The summed E-state index contributed by atoms with van der Waals surface area (Å²) in [6, 6.07) is 13.2. The maximum atomic E-state index is 12.8. The summed E-state index contributed by atoms with van der Waals surface area (Å²) in [5, 5.41) is 2.76. The highest BCUT2D eigenvalue weighted by Crippen LogP contribution is 2.22. The van der Waals surface area contributed by atoms with E-state index in [9.17, 15) is 13.2 Å². The Hall–Kier alpha value is -2.42. The molecule has 1 amide bonds. The molecule has 7 nitrogen and oxygen atoms in total. The first kappa shape index (κ1) is 21.3. The van der Waals surface area contributed by atoms with Gasteiger partial charge in [-0.3, -0.25) is 4.79 Å². The van der Waals surface area contributed by atoms with Crippen LogP contribution in [0.15, 0.2) is 53.4 Å². The van der Waals surface area contributed by atoms with Gasteiger partial charge in [-0.25, -0.2) is 8.42 Å². The van der Waals surface area contributed by atoms with Crippen molar-refractivity contribution in [2.24, 2.45) is 5.92 Å². The van der Waals surface area contributed by atoms with Gasteiger partial charge < -0.3 is 14.8 Å². The van der Waals surface area contributed by atoms with Gasteiger partial charge in [-0.15, -0.1) is 0 Å². The number of carbonyl (C=O) groups excluding carboxylic acids is 1. The van der Waals surface area contributed by atoms with Crippen molar-refractivity contribution in [1.82, 2.24) is 4.31 Å². The summed E-state index contributed by atoms with van der Waals surface area (Å²) >= 11 is 0. The number of hydrogen-bond acceptors (Lipinski definition) is 5. The zero-order valence-electron chi connectivity index (χ0n) is 16.6. The molecule has 0 radical (unpaired) electrons. The second-order valence-corrected chi connectivity index (χ2v) is 9.17. The summed E-state index contributed by atoms with van der Waals surface area (Å²) in [5.41, 5.74) is 0.852. The fourth-order valence-corrected chi connectivity index (χ4v) is 4.32. The number of benzene rings is 2. The van der Waals surface area contributed by atoms with E-state index in [2.05, 4.69) is 19.2 Å². The van der Waals surface area contributed by atoms with E-state index in [4.69, 9.17) is 9.47 Å². The number of ether oxygens (including phenoxy) is 2. The number of hydrogen-bond donors (Lipinski definition) is 1. The van der Waals surface area contributed by atoms with E-state index < -0.39 is 10.0 Å². The number of anilines is 1. The van der Waals surface area contributed by atoms with Crippen molar-refractivity contribution in [3.8, 4) is 5.75 Å². The molecule has 0 bridgehead atoms. The van der Waals surface area contributed by atoms with E-state index in [0.29, 0.717) is 55.8 Å². The molecule has 1 fully saturated rings. The molecular weight excluding hydrogens is 392 g/mol. The molecule has 1 aliphatic heterocycles. The molecule has 8 heteroatoms. The SMILES string of the molecule is CC(C)COc1cccc(C(=O)Nc2cccc(S(=O)(=O)N3CCOCC3)c2)c1. The highest BCUT2D eigenvalue weighted by Gasteiger charge is 2.26. The molecule has 0 aliphatic carbocycles. The van der Waals surface area contributed by atoms with Gasteiger partial charge in [-0.2, -0.15) is 4.31 Å². The van der Waals surface area contributed by atoms with Gasteiger partial charge >= 0.3 is 0 Å². The van der Waals surface area contributed by atoms with Gasteiger partial charge in [0.25, 0.3) is 5.91 Å². The summed E-state index contributed by atoms with van der Waals surface area (Å²) in [4.78, 5) is 12.8. The summed E-state index contributed by atoms with van der Waals surface area (Å²) < 4.78 is 37.9. The Kier molecular flexibility index (Phi) is 6.89. The fourth-order valence-electron chi connectivity index (χ4n) is 2.86. The molecule has 0 spiro atoms. The molecular formula is C21H26N2O5S. The van der Waals surface area contributed by atoms with Crippen molar-refractivity contribution < 1.29 is 22.7 Å². The third-order valence-corrected chi connectivity index (χ3v) is 6.27. The second kappa shape index (κ2) is 9.39. The summed E-state index contributed by atoms with van der Waals surface area (Å²) in [5.74, 6) is 0.666. The monoisotopic (exact) mass is 418 g/mol. The first-order chi connectivity index (χ1) is 13.9. The molecule has 156 valence electrons. The van der Waals surface area contributed by atoms with Gasteiger partial charge in [-0.1, -0.05) is 26.0 Å². The Balaban J connectivity index is 1.73. The number of amides is 1. The molecule has 3 rings (SSSR count). The topological polar surface area (TPSA) is 84.9 Å². The average molecular weight is 419 g/mol. The van der Waals surface area contributed by atoms with E-state index in [1.54, 1.807) is 36.4 Å². The number of nitrogens with one attached hydrogen (secondary N) is 1. The van der Waals surface area contributed by atoms with E-state index in [1.165, 1.54) is 16.4 Å². The van der Waals surface area contributed by atoms with Crippen LogP contribution in [0.1, 0.15) is 24.2 Å². The standard InChI is InChI=1S/C21H26N2O5S/c1-16(2)15-28-19-7-3-5-17(13-19)21(24)22-18-6-4-8-20(14-18)29(25,26)23-9-11-27-12-10-23/h3-8,13-14,16H,9-12,15H2,1-2H3,(H,22,24). The maximum Gasteiger partial charge on any atom is 0.255 e. The predicted molar refractivity (Wildman–Crippen MR) is 111 cm³/mol. The average Bonchev–Trinajstić information content (AvgIpc) is 2.73. The van der Waals surface area contributed by atoms with Crippen LogP contribution in [0.3, 0.4) is 0 Å². The van der Waals surface area contributed by atoms with Crippen LogP contribution >= 0.6 is 0 Å². The lowest BCUT2D eigenvalue weighted by atomic mass is 10.2. The molecule has 29 heavy (non-hydrogen) atoms. The summed E-state index contributed by atoms with van der Waals surface area (Å²) in [7, 11) is -3.63. The Morgan fingerprint density at radius 3 is 2.59 bits per heavy atom. The van der Waals surface area contributed by atoms with Crippen LogP contribution in [0.4, 0.5) is 5.69 Å². The van der Waals surface area contributed by atoms with E-state index in [1.807, 2.05) is 0 Å². The van der Waals surface area contributed by atoms with Gasteiger partial charge in [0.05, 0.1) is 24.7 Å². The van der Waals surface area contributed by atoms with Crippen molar-refractivity contribution in [3.63, 3.8) is 0 Å². The first-order valence-corrected chi connectivity index (χ1v) is 11.0. The summed E-state index contributed by atoms with van der Waals surface area (Å²) in [6.45, 7) is 6.06. The Morgan fingerprint density at radius 1 is 1.14 bits per heavy atom. The zero-order valence-corrected chi connectivity index (χ0v) is 17.4. The minimum Gasteiger partial charge on any atom is -0.493 e. The number of rotatable bonds is 7. The lowest BCUT2D eigenvalue weighted by molar-refractivity contribution is 0.0730. The molecule has 0 atom stereocenters. The highest BCUT2D eigenvalue weighted by molar-refractivity contribution is 7.89. The molecule has 2 aromatic carbocycles. The van der Waals surface area contributed by atoms with Crippen LogP contribution in [0.25, 0.3) is 0 Å². The van der Waals surface area contributed by atoms with E-state index in [0.717, 1.165) is 0 Å². The fraction of sp³-hybridized carbons (Fsp3) is 0.381. The minimum absolute atomic E-state index is 0.145. The van der Waals surface area contributed by atoms with Crippen LogP contribution in [0, 0.1) is 5.92 Å². The molecule has 1 heterocycles. The molecule has 0 saturated carbocycles. The smallest absolute Gasteiger partial charge is 0.255 e. The molecule has 1 aliphatic rings. The second-order valence-electron chi connectivity index (χ2n) is 7.23. The van der Waals surface area contributed by atoms with Crippen molar-refractivity contribution in [3.05, 3.63) is 54.1 Å². The van der Waals surface area contributed by atoms with E-state index >= 15 is 0 Å². The van der Waals surface area contributed by atoms with Crippen LogP contribution < -0.4 is 10.1 Å². The Labute approximate surface area is 171 Å². The van der Waals surface area contributed by atoms with Crippen molar-refractivity contribution in [2.75, 3.05) is 38.2 Å². The maximum absolute atomic E-state index is 12.8.